The summed E-state index contributed by atoms with van der Waals surface area (Å²) in [5.41, 5.74) is 0.734. The van der Waals surface area contributed by atoms with Crippen molar-refractivity contribution >= 4 is 23.5 Å². The van der Waals surface area contributed by atoms with Crippen molar-refractivity contribution in [2.75, 3.05) is 0 Å². The van der Waals surface area contributed by atoms with E-state index in [0.29, 0.717) is 22.5 Å². The molecule has 2 unspecified atom stereocenters. The molecular weight excluding hydrogens is 420 g/mol. The summed E-state index contributed by atoms with van der Waals surface area (Å²) in [4.78, 5) is 33.8. The monoisotopic (exact) mass is 440 g/mol. The first-order valence-corrected chi connectivity index (χ1v) is 10.7. The van der Waals surface area contributed by atoms with Gasteiger partial charge in [-0.05, 0) is 37.1 Å². The molecule has 8 nitrogen and oxygen atoms in total. The zero-order valence-electron chi connectivity index (χ0n) is 16.7. The van der Waals surface area contributed by atoms with Crippen LogP contribution in [0.5, 0.6) is 0 Å². The number of benzene rings is 1. The number of carbonyl (C=O) groups is 2. The summed E-state index contributed by atoms with van der Waals surface area (Å²) >= 11 is 6.06. The molecule has 0 bridgehead atoms. The number of nitrogens with zero attached hydrogens (tertiary/aromatic N) is 4. The zero-order valence-corrected chi connectivity index (χ0v) is 17.5. The standard InChI is InChI=1S/C22H21ClN4O4/c23-15-6-3-5-14(11-15)20-24-19(31-25-20)13-26-18-9-2-1-8-17(18)21(28)27(22(26)29)12-16-7-4-10-30-16/h3-7,10-11,17-18H,1-2,8-9,12-13H2. The van der Waals surface area contributed by atoms with Gasteiger partial charge in [0.25, 0.3) is 0 Å². The van der Waals surface area contributed by atoms with Crippen LogP contribution in [0, 0.1) is 5.92 Å². The van der Waals surface area contributed by atoms with Crippen LogP contribution in [0.4, 0.5) is 4.79 Å². The van der Waals surface area contributed by atoms with Crippen LogP contribution >= 0.6 is 11.6 Å². The van der Waals surface area contributed by atoms with Crippen molar-refractivity contribution < 1.29 is 18.5 Å². The SMILES string of the molecule is O=C1C2CCCCC2N(Cc2nc(-c3cccc(Cl)c3)no2)C(=O)N1Cc1ccco1. The maximum Gasteiger partial charge on any atom is 0.327 e. The van der Waals surface area contributed by atoms with E-state index in [9.17, 15) is 9.59 Å². The number of imide groups is 1. The Morgan fingerprint density at radius 3 is 2.77 bits per heavy atom. The van der Waals surface area contributed by atoms with Gasteiger partial charge in [0, 0.05) is 16.6 Å². The summed E-state index contributed by atoms with van der Waals surface area (Å²) in [5.74, 6) is 0.937. The smallest absolute Gasteiger partial charge is 0.327 e. The predicted octanol–water partition coefficient (Wildman–Crippen LogP) is 4.51. The van der Waals surface area contributed by atoms with Gasteiger partial charge < -0.3 is 13.8 Å². The Kier molecular flexibility index (Phi) is 5.23. The Labute approximate surface area is 183 Å². The molecular formula is C22H21ClN4O4. The van der Waals surface area contributed by atoms with Gasteiger partial charge in [0.05, 0.1) is 18.7 Å². The van der Waals surface area contributed by atoms with E-state index in [-0.39, 0.29) is 37.0 Å². The van der Waals surface area contributed by atoms with Gasteiger partial charge in [0.2, 0.25) is 17.6 Å². The molecule has 2 fully saturated rings. The van der Waals surface area contributed by atoms with Gasteiger partial charge in [-0.25, -0.2) is 4.79 Å². The molecule has 1 aliphatic heterocycles. The number of amides is 3. The maximum atomic E-state index is 13.3. The second-order valence-corrected chi connectivity index (χ2v) is 8.33. The van der Waals surface area contributed by atoms with E-state index in [1.54, 1.807) is 29.2 Å². The van der Waals surface area contributed by atoms with Crippen molar-refractivity contribution in [1.29, 1.82) is 0 Å². The summed E-state index contributed by atoms with van der Waals surface area (Å²) in [6, 6.07) is 10.2. The van der Waals surface area contributed by atoms with Crippen molar-refractivity contribution in [2.24, 2.45) is 5.92 Å². The number of rotatable bonds is 5. The van der Waals surface area contributed by atoms with Crippen LogP contribution in [-0.2, 0) is 17.9 Å². The first-order chi connectivity index (χ1) is 15.1. The average molecular weight is 441 g/mol. The lowest BCUT2D eigenvalue weighted by atomic mass is 9.81. The molecule has 2 atom stereocenters. The van der Waals surface area contributed by atoms with Crippen LogP contribution in [0.2, 0.25) is 5.02 Å². The lowest BCUT2D eigenvalue weighted by Crippen LogP contribution is -2.61. The minimum absolute atomic E-state index is 0.113. The zero-order chi connectivity index (χ0) is 21.4. The van der Waals surface area contributed by atoms with E-state index in [2.05, 4.69) is 10.1 Å². The van der Waals surface area contributed by atoms with Crippen LogP contribution in [0.3, 0.4) is 0 Å². The highest BCUT2D eigenvalue weighted by molar-refractivity contribution is 6.30. The lowest BCUT2D eigenvalue weighted by Gasteiger charge is -2.46. The predicted molar refractivity (Wildman–Crippen MR) is 111 cm³/mol. The van der Waals surface area contributed by atoms with Gasteiger partial charge in [-0.3, -0.25) is 9.69 Å². The van der Waals surface area contributed by atoms with Gasteiger partial charge in [-0.1, -0.05) is 41.7 Å². The number of fused-ring (bicyclic) bond motifs is 1. The minimum Gasteiger partial charge on any atom is -0.467 e. The van der Waals surface area contributed by atoms with Crippen molar-refractivity contribution in [3.8, 4) is 11.4 Å². The summed E-state index contributed by atoms with van der Waals surface area (Å²) in [7, 11) is 0. The first kappa shape index (κ1) is 19.8. The van der Waals surface area contributed by atoms with Crippen LogP contribution < -0.4 is 0 Å². The van der Waals surface area contributed by atoms with Gasteiger partial charge in [0.15, 0.2) is 0 Å². The van der Waals surface area contributed by atoms with E-state index in [0.717, 1.165) is 31.2 Å². The molecule has 3 aromatic rings. The highest BCUT2D eigenvalue weighted by Gasteiger charge is 2.47. The quantitative estimate of drug-likeness (QED) is 0.579. The largest absolute Gasteiger partial charge is 0.467 e. The molecule has 1 saturated carbocycles. The van der Waals surface area contributed by atoms with Crippen molar-refractivity contribution in [3.63, 3.8) is 0 Å². The van der Waals surface area contributed by atoms with Crippen molar-refractivity contribution in [3.05, 3.63) is 59.3 Å². The number of furan rings is 1. The molecule has 1 aliphatic carbocycles. The third kappa shape index (κ3) is 3.83. The van der Waals surface area contributed by atoms with Gasteiger partial charge in [0.1, 0.15) is 12.3 Å². The van der Waals surface area contributed by atoms with Crippen LogP contribution in [0.1, 0.15) is 37.3 Å². The van der Waals surface area contributed by atoms with Crippen LogP contribution in [0.15, 0.2) is 51.6 Å². The van der Waals surface area contributed by atoms with Crippen LogP contribution in [-0.4, -0.2) is 37.9 Å². The van der Waals surface area contributed by atoms with E-state index in [4.69, 9.17) is 20.5 Å². The van der Waals surface area contributed by atoms with Gasteiger partial charge in [-0.2, -0.15) is 4.98 Å². The van der Waals surface area contributed by atoms with Crippen molar-refractivity contribution in [2.45, 2.75) is 44.8 Å². The molecule has 1 aromatic carbocycles. The molecule has 160 valence electrons. The highest BCUT2D eigenvalue weighted by Crippen LogP contribution is 2.36. The average Bonchev–Trinajstić information content (AvgIpc) is 3.46. The number of aromatic nitrogens is 2. The summed E-state index contributed by atoms with van der Waals surface area (Å²) < 4.78 is 10.8. The number of halogens is 1. The normalized spacial score (nSPS) is 21.5. The third-order valence-electron chi connectivity index (χ3n) is 5.94. The Balaban J connectivity index is 1.41. The fourth-order valence-corrected chi connectivity index (χ4v) is 4.65. The number of hydrogen-bond donors (Lipinski definition) is 0. The number of urea groups is 1. The molecule has 31 heavy (non-hydrogen) atoms. The maximum absolute atomic E-state index is 13.3. The molecule has 0 spiro atoms. The minimum atomic E-state index is -0.355. The molecule has 9 heteroatoms. The lowest BCUT2D eigenvalue weighted by molar-refractivity contribution is -0.141. The first-order valence-electron chi connectivity index (χ1n) is 10.3. The molecule has 0 radical (unpaired) electrons. The Morgan fingerprint density at radius 2 is 1.97 bits per heavy atom. The summed E-state index contributed by atoms with van der Waals surface area (Å²) in [6.45, 7) is 0.261. The topological polar surface area (TPSA) is 92.7 Å². The molecule has 5 rings (SSSR count). The fourth-order valence-electron chi connectivity index (χ4n) is 4.46. The van der Waals surface area contributed by atoms with E-state index in [1.165, 1.54) is 11.2 Å². The van der Waals surface area contributed by atoms with Crippen molar-refractivity contribution in [1.82, 2.24) is 19.9 Å². The van der Waals surface area contributed by atoms with E-state index in [1.807, 2.05) is 12.1 Å². The molecule has 3 heterocycles. The fraction of sp³-hybridized carbons (Fsp3) is 0.364. The van der Waals surface area contributed by atoms with Crippen LogP contribution in [0.25, 0.3) is 11.4 Å². The molecule has 2 aromatic heterocycles. The number of carbonyl (C=O) groups excluding carboxylic acids is 2. The van der Waals surface area contributed by atoms with E-state index < -0.39 is 0 Å². The highest BCUT2D eigenvalue weighted by atomic mass is 35.5. The van der Waals surface area contributed by atoms with Gasteiger partial charge >= 0.3 is 6.03 Å². The molecule has 1 saturated heterocycles. The molecule has 2 aliphatic rings. The second kappa shape index (κ2) is 8.19. The van der Waals surface area contributed by atoms with E-state index >= 15 is 0 Å². The molecule has 3 amide bonds. The Bertz CT molecular complexity index is 1100. The number of hydrogen-bond acceptors (Lipinski definition) is 6. The third-order valence-corrected chi connectivity index (χ3v) is 6.18. The van der Waals surface area contributed by atoms with Gasteiger partial charge in [-0.15, -0.1) is 0 Å². The Hall–Kier alpha value is -3.13. The summed E-state index contributed by atoms with van der Waals surface area (Å²) in [6.07, 6.45) is 5.04. The summed E-state index contributed by atoms with van der Waals surface area (Å²) in [5, 5.41) is 4.61. The second-order valence-electron chi connectivity index (χ2n) is 7.89. The molecule has 0 N–H and O–H groups in total. The Morgan fingerprint density at radius 1 is 1.10 bits per heavy atom.